The third-order valence-electron chi connectivity index (χ3n) is 12.0. The molecule has 0 atom stereocenters. The van der Waals surface area contributed by atoms with Gasteiger partial charge in [0.15, 0.2) is 0 Å². The molecule has 0 heterocycles. The van der Waals surface area contributed by atoms with E-state index < -0.39 is 5.41 Å². The predicted octanol–water partition coefficient (Wildman–Crippen LogP) is 13.4. The summed E-state index contributed by atoms with van der Waals surface area (Å²) in [5, 5.41) is 10.5. The minimum atomic E-state index is -0.452. The Morgan fingerprint density at radius 2 is 0.824 bits per heavy atom. The van der Waals surface area contributed by atoms with Gasteiger partial charge in [0.1, 0.15) is 0 Å². The summed E-state index contributed by atoms with van der Waals surface area (Å²) >= 11 is 0. The molecule has 0 nitrogen and oxygen atoms in total. The Hall–Kier alpha value is -6.50. The van der Waals surface area contributed by atoms with Gasteiger partial charge >= 0.3 is 0 Å². The van der Waals surface area contributed by atoms with E-state index in [0.29, 0.717) is 0 Å². The summed E-state index contributed by atoms with van der Waals surface area (Å²) in [5.41, 5.74) is 15.4. The van der Waals surface area contributed by atoms with Gasteiger partial charge < -0.3 is 0 Å². The predicted molar refractivity (Wildman–Crippen MR) is 215 cm³/mol. The van der Waals surface area contributed by atoms with Crippen LogP contribution >= 0.6 is 0 Å². The topological polar surface area (TPSA) is 0 Å². The van der Waals surface area contributed by atoms with Crippen molar-refractivity contribution in [3.63, 3.8) is 0 Å². The lowest BCUT2D eigenvalue weighted by molar-refractivity contribution is 0.801. The van der Waals surface area contributed by atoms with Gasteiger partial charge in [0, 0.05) is 0 Å². The first kappa shape index (κ1) is 27.3. The zero-order valence-electron chi connectivity index (χ0n) is 27.8. The molecule has 0 saturated heterocycles. The van der Waals surface area contributed by atoms with Crippen LogP contribution in [0.2, 0.25) is 0 Å². The van der Waals surface area contributed by atoms with Gasteiger partial charge in [-0.25, -0.2) is 0 Å². The highest BCUT2D eigenvalue weighted by atomic mass is 14.5. The van der Waals surface area contributed by atoms with E-state index in [4.69, 9.17) is 0 Å². The van der Waals surface area contributed by atoms with E-state index in [0.717, 1.165) is 0 Å². The molecule has 10 aromatic carbocycles. The fraction of sp³-hybridized carbons (Fsp3) is 0.0196. The van der Waals surface area contributed by atoms with Crippen LogP contribution in [0.5, 0.6) is 0 Å². The number of benzene rings is 10. The first-order valence-electron chi connectivity index (χ1n) is 17.9. The molecular weight excluding hydrogens is 613 g/mol. The third-order valence-corrected chi connectivity index (χ3v) is 12.0. The molecule has 0 amide bonds. The molecule has 10 aromatic rings. The Bertz CT molecular complexity index is 3010. The SMILES string of the molecule is c1ccc(-c2cccc3c4c(ccc23)-c2ccc(-c3ccc5ccc6cccc7ccc3c5c67)cc2C42c3ccccc3-c3ccccc32)cc1. The van der Waals surface area contributed by atoms with Gasteiger partial charge in [-0.15, -0.1) is 0 Å². The van der Waals surface area contributed by atoms with Crippen LogP contribution in [0.25, 0.3) is 87.6 Å². The summed E-state index contributed by atoms with van der Waals surface area (Å²) in [7, 11) is 0. The molecule has 0 unspecified atom stereocenters. The highest BCUT2D eigenvalue weighted by molar-refractivity contribution is 6.25. The Labute approximate surface area is 296 Å². The standard InChI is InChI=1S/C51H30/c1-2-10-31(11-3-1)36-16-9-17-43-38(36)28-29-44-41-26-24-35(37-25-22-34-21-20-32-12-8-13-33-23-27-42(37)49(34)48(32)33)30-47(41)51(50(43)44)45-18-6-4-14-39(45)40-15-5-7-19-46(40)51/h1-30H. The summed E-state index contributed by atoms with van der Waals surface area (Å²) < 4.78 is 0. The fourth-order valence-corrected chi connectivity index (χ4v) is 10.0. The van der Waals surface area contributed by atoms with Crippen molar-refractivity contribution in [2.45, 2.75) is 5.41 Å². The van der Waals surface area contributed by atoms with Crippen molar-refractivity contribution in [2.75, 3.05) is 0 Å². The van der Waals surface area contributed by atoms with Crippen LogP contribution in [0.1, 0.15) is 22.3 Å². The second-order valence-corrected chi connectivity index (χ2v) is 14.3. The van der Waals surface area contributed by atoms with E-state index in [1.807, 2.05) is 0 Å². The quantitative estimate of drug-likeness (QED) is 0.165. The van der Waals surface area contributed by atoms with E-state index in [2.05, 4.69) is 182 Å². The van der Waals surface area contributed by atoms with Gasteiger partial charge in [0.05, 0.1) is 5.41 Å². The summed E-state index contributed by atoms with van der Waals surface area (Å²) in [4.78, 5) is 0. The molecule has 0 radical (unpaired) electrons. The maximum absolute atomic E-state index is 2.53. The summed E-state index contributed by atoms with van der Waals surface area (Å²) in [6.45, 7) is 0. The highest BCUT2D eigenvalue weighted by Crippen LogP contribution is 2.64. The van der Waals surface area contributed by atoms with Crippen molar-refractivity contribution in [3.8, 4) is 44.5 Å². The summed E-state index contributed by atoms with van der Waals surface area (Å²) in [5.74, 6) is 0. The molecule has 0 bridgehead atoms. The van der Waals surface area contributed by atoms with Crippen molar-refractivity contribution in [1.82, 2.24) is 0 Å². The fourth-order valence-electron chi connectivity index (χ4n) is 10.0. The average Bonchev–Trinajstić information content (AvgIpc) is 3.67. The van der Waals surface area contributed by atoms with E-state index >= 15 is 0 Å². The van der Waals surface area contributed by atoms with Crippen molar-refractivity contribution in [2.24, 2.45) is 0 Å². The van der Waals surface area contributed by atoms with E-state index in [1.54, 1.807) is 0 Å². The Balaban J connectivity index is 1.20. The van der Waals surface area contributed by atoms with Crippen LogP contribution in [0.3, 0.4) is 0 Å². The van der Waals surface area contributed by atoms with Gasteiger partial charge in [-0.2, -0.15) is 0 Å². The zero-order chi connectivity index (χ0) is 33.3. The number of hydrogen-bond acceptors (Lipinski definition) is 0. The Morgan fingerprint density at radius 1 is 0.275 bits per heavy atom. The van der Waals surface area contributed by atoms with E-state index in [9.17, 15) is 0 Å². The lowest BCUT2D eigenvalue weighted by Crippen LogP contribution is -2.26. The second-order valence-electron chi connectivity index (χ2n) is 14.3. The van der Waals surface area contributed by atoms with Crippen LogP contribution in [0, 0.1) is 0 Å². The summed E-state index contributed by atoms with van der Waals surface area (Å²) in [6, 6.07) is 68.6. The molecule has 0 N–H and O–H groups in total. The van der Waals surface area contributed by atoms with Gasteiger partial charge in [-0.1, -0.05) is 176 Å². The van der Waals surface area contributed by atoms with Crippen LogP contribution < -0.4 is 0 Å². The van der Waals surface area contributed by atoms with Gasteiger partial charge in [0.2, 0.25) is 0 Å². The molecule has 0 aromatic heterocycles. The minimum Gasteiger partial charge on any atom is -0.0622 e. The van der Waals surface area contributed by atoms with E-state index in [1.165, 1.54) is 110 Å². The molecule has 51 heavy (non-hydrogen) atoms. The smallest absolute Gasteiger partial charge is 0.0622 e. The normalized spacial score (nSPS) is 13.6. The molecule has 0 heteroatoms. The second kappa shape index (κ2) is 9.81. The van der Waals surface area contributed by atoms with Crippen LogP contribution in [-0.4, -0.2) is 0 Å². The van der Waals surface area contributed by atoms with E-state index in [-0.39, 0.29) is 0 Å². The van der Waals surface area contributed by atoms with Crippen molar-refractivity contribution >= 4 is 43.1 Å². The van der Waals surface area contributed by atoms with Crippen molar-refractivity contribution in [1.29, 1.82) is 0 Å². The molecular formula is C51H30. The number of hydrogen-bond donors (Lipinski definition) is 0. The monoisotopic (exact) mass is 642 g/mol. The first-order chi connectivity index (χ1) is 25.3. The van der Waals surface area contributed by atoms with Crippen LogP contribution in [-0.2, 0) is 5.41 Å². The molecule has 234 valence electrons. The highest BCUT2D eigenvalue weighted by Gasteiger charge is 2.52. The lowest BCUT2D eigenvalue weighted by Gasteiger charge is -2.32. The molecule has 2 aliphatic carbocycles. The van der Waals surface area contributed by atoms with Gasteiger partial charge in [-0.05, 0) is 116 Å². The molecule has 12 rings (SSSR count). The maximum atomic E-state index is 2.53. The number of fused-ring (bicyclic) bond motifs is 12. The largest absolute Gasteiger partial charge is 0.0731 e. The first-order valence-corrected chi connectivity index (χ1v) is 17.9. The molecule has 1 spiro atoms. The molecule has 0 aliphatic heterocycles. The van der Waals surface area contributed by atoms with Crippen LogP contribution in [0.15, 0.2) is 182 Å². The Morgan fingerprint density at radius 3 is 1.61 bits per heavy atom. The number of rotatable bonds is 2. The van der Waals surface area contributed by atoms with Crippen LogP contribution in [0.4, 0.5) is 0 Å². The third kappa shape index (κ3) is 3.40. The minimum absolute atomic E-state index is 0.452. The van der Waals surface area contributed by atoms with Gasteiger partial charge in [-0.3, -0.25) is 0 Å². The van der Waals surface area contributed by atoms with Crippen molar-refractivity contribution < 1.29 is 0 Å². The lowest BCUT2D eigenvalue weighted by atomic mass is 9.69. The maximum Gasteiger partial charge on any atom is 0.0731 e. The van der Waals surface area contributed by atoms with Crippen molar-refractivity contribution in [3.05, 3.63) is 204 Å². The Kier molecular flexibility index (Phi) is 5.26. The summed E-state index contributed by atoms with van der Waals surface area (Å²) in [6.07, 6.45) is 0. The molecule has 0 saturated carbocycles. The average molecular weight is 643 g/mol. The molecule has 0 fully saturated rings. The van der Waals surface area contributed by atoms with Gasteiger partial charge in [0.25, 0.3) is 0 Å². The zero-order valence-corrected chi connectivity index (χ0v) is 27.8. The molecule has 2 aliphatic rings.